The van der Waals surface area contributed by atoms with Crippen LogP contribution in [0.2, 0.25) is 0 Å². The Morgan fingerprint density at radius 3 is 2.73 bits per heavy atom. The van der Waals surface area contributed by atoms with Crippen LogP contribution >= 0.6 is 0 Å². The number of likely N-dealkylation sites (tertiary alicyclic amines) is 2. The van der Waals surface area contributed by atoms with Crippen LogP contribution in [-0.2, 0) is 9.59 Å². The average molecular weight is 304 g/mol. The number of amides is 2. The largest absolute Gasteiger partial charge is 0.342 e. The summed E-state index contributed by atoms with van der Waals surface area (Å²) < 4.78 is 0. The molecule has 122 valence electrons. The molecule has 22 heavy (non-hydrogen) atoms. The zero-order valence-corrected chi connectivity index (χ0v) is 13.7. The van der Waals surface area contributed by atoms with Crippen molar-refractivity contribution >= 4 is 11.8 Å². The van der Waals surface area contributed by atoms with E-state index < -0.39 is 0 Å². The van der Waals surface area contributed by atoms with E-state index >= 15 is 0 Å². The summed E-state index contributed by atoms with van der Waals surface area (Å²) in [6, 6.07) is 0. The first-order chi connectivity index (χ1) is 10.6. The third-order valence-electron chi connectivity index (χ3n) is 5.47. The van der Waals surface area contributed by atoms with Crippen molar-refractivity contribution in [2.45, 2.75) is 51.9 Å². The van der Waals surface area contributed by atoms with E-state index in [1.807, 2.05) is 9.80 Å². The van der Waals surface area contributed by atoms with Gasteiger partial charge in [0.1, 0.15) is 6.42 Å². The highest BCUT2D eigenvalue weighted by molar-refractivity contribution is 5.97. The van der Waals surface area contributed by atoms with Gasteiger partial charge in [-0.2, -0.15) is 0 Å². The third-order valence-corrected chi connectivity index (χ3v) is 5.47. The Kier molecular flexibility index (Phi) is 4.84. The molecule has 2 amide bonds. The molecule has 0 saturated carbocycles. The van der Waals surface area contributed by atoms with Crippen LogP contribution in [0, 0.1) is 11.8 Å². The second kappa shape index (κ2) is 6.84. The molecule has 0 radical (unpaired) electrons. The molecule has 2 aliphatic heterocycles. The Morgan fingerprint density at radius 1 is 1.09 bits per heavy atom. The van der Waals surface area contributed by atoms with Gasteiger partial charge in [0.15, 0.2) is 0 Å². The summed E-state index contributed by atoms with van der Waals surface area (Å²) in [6.07, 6.45) is 9.43. The molecule has 0 aromatic rings. The van der Waals surface area contributed by atoms with Gasteiger partial charge in [0.2, 0.25) is 11.8 Å². The van der Waals surface area contributed by atoms with Gasteiger partial charge in [-0.05, 0) is 50.4 Å². The van der Waals surface area contributed by atoms with Crippen molar-refractivity contribution in [3.05, 3.63) is 11.6 Å². The van der Waals surface area contributed by atoms with E-state index in [1.165, 1.54) is 24.8 Å². The molecule has 4 nitrogen and oxygen atoms in total. The van der Waals surface area contributed by atoms with Gasteiger partial charge in [-0.1, -0.05) is 18.6 Å². The topological polar surface area (TPSA) is 40.6 Å². The third kappa shape index (κ3) is 3.53. The first kappa shape index (κ1) is 15.6. The van der Waals surface area contributed by atoms with E-state index in [-0.39, 0.29) is 18.2 Å². The highest BCUT2D eigenvalue weighted by Gasteiger charge is 2.30. The molecule has 0 aromatic carbocycles. The highest BCUT2D eigenvalue weighted by Crippen LogP contribution is 2.32. The lowest BCUT2D eigenvalue weighted by Gasteiger charge is -2.37. The van der Waals surface area contributed by atoms with Crippen LogP contribution in [0.15, 0.2) is 11.6 Å². The summed E-state index contributed by atoms with van der Waals surface area (Å²) >= 11 is 0. The van der Waals surface area contributed by atoms with E-state index in [0.717, 1.165) is 45.4 Å². The SMILES string of the molecule is CC1CCCN(C(=O)CC(=O)N2CCC3CCCC=C3C2)C1. The molecule has 2 atom stereocenters. The second-order valence-electron chi connectivity index (χ2n) is 7.27. The number of piperidine rings is 2. The molecule has 2 heterocycles. The van der Waals surface area contributed by atoms with E-state index in [4.69, 9.17) is 0 Å². The minimum Gasteiger partial charge on any atom is -0.342 e. The monoisotopic (exact) mass is 304 g/mol. The van der Waals surface area contributed by atoms with Gasteiger partial charge in [0.25, 0.3) is 0 Å². The van der Waals surface area contributed by atoms with Crippen LogP contribution in [0.1, 0.15) is 51.9 Å². The lowest BCUT2D eigenvalue weighted by Crippen LogP contribution is -2.45. The van der Waals surface area contributed by atoms with Gasteiger partial charge >= 0.3 is 0 Å². The summed E-state index contributed by atoms with van der Waals surface area (Å²) in [5, 5.41) is 0. The van der Waals surface area contributed by atoms with Crippen LogP contribution in [0.25, 0.3) is 0 Å². The Labute approximate surface area is 133 Å². The predicted molar refractivity (Wildman–Crippen MR) is 86.2 cm³/mol. The summed E-state index contributed by atoms with van der Waals surface area (Å²) in [4.78, 5) is 28.6. The molecule has 3 aliphatic rings. The average Bonchev–Trinajstić information content (AvgIpc) is 2.54. The van der Waals surface area contributed by atoms with E-state index in [2.05, 4.69) is 13.0 Å². The first-order valence-corrected chi connectivity index (χ1v) is 8.88. The predicted octanol–water partition coefficient (Wildman–Crippen LogP) is 2.59. The lowest BCUT2D eigenvalue weighted by atomic mass is 9.82. The number of carbonyl (C=O) groups is 2. The fourth-order valence-electron chi connectivity index (χ4n) is 4.12. The summed E-state index contributed by atoms with van der Waals surface area (Å²) in [5.74, 6) is 1.30. The molecule has 0 bridgehead atoms. The number of hydrogen-bond donors (Lipinski definition) is 0. The molecular weight excluding hydrogens is 276 g/mol. The highest BCUT2D eigenvalue weighted by atomic mass is 16.2. The fraction of sp³-hybridized carbons (Fsp3) is 0.778. The number of nitrogens with zero attached hydrogens (tertiary/aromatic N) is 2. The molecule has 0 N–H and O–H groups in total. The van der Waals surface area contributed by atoms with Crippen LogP contribution in [0.3, 0.4) is 0 Å². The van der Waals surface area contributed by atoms with Crippen molar-refractivity contribution in [2.75, 3.05) is 26.2 Å². The zero-order valence-electron chi connectivity index (χ0n) is 13.7. The molecule has 3 rings (SSSR count). The number of rotatable bonds is 2. The molecular formula is C18H28N2O2. The van der Waals surface area contributed by atoms with Crippen LogP contribution in [0.5, 0.6) is 0 Å². The number of hydrogen-bond acceptors (Lipinski definition) is 2. The molecule has 0 aromatic heterocycles. The van der Waals surface area contributed by atoms with E-state index in [1.54, 1.807) is 0 Å². The van der Waals surface area contributed by atoms with Gasteiger partial charge in [-0.25, -0.2) is 0 Å². The van der Waals surface area contributed by atoms with Gasteiger partial charge in [-0.15, -0.1) is 0 Å². The van der Waals surface area contributed by atoms with E-state index in [9.17, 15) is 9.59 Å². The van der Waals surface area contributed by atoms with Gasteiger partial charge in [-0.3, -0.25) is 9.59 Å². The van der Waals surface area contributed by atoms with E-state index in [0.29, 0.717) is 11.8 Å². The van der Waals surface area contributed by atoms with Crippen LogP contribution in [-0.4, -0.2) is 47.8 Å². The van der Waals surface area contributed by atoms with Crippen LogP contribution < -0.4 is 0 Å². The second-order valence-corrected chi connectivity index (χ2v) is 7.27. The molecule has 2 fully saturated rings. The quantitative estimate of drug-likeness (QED) is 0.581. The number of fused-ring (bicyclic) bond motifs is 1. The minimum atomic E-state index is 0.0214. The summed E-state index contributed by atoms with van der Waals surface area (Å²) in [7, 11) is 0. The normalized spacial score (nSPS) is 28.9. The zero-order chi connectivity index (χ0) is 15.5. The standard InChI is InChI=1S/C18H28N2O2/c1-14-5-4-9-19(12-14)17(21)11-18(22)20-10-8-15-6-2-3-7-16(15)13-20/h7,14-15H,2-6,8-13H2,1H3. The minimum absolute atomic E-state index is 0.0214. The van der Waals surface area contributed by atoms with Crippen molar-refractivity contribution in [3.8, 4) is 0 Å². The van der Waals surface area contributed by atoms with Crippen molar-refractivity contribution in [2.24, 2.45) is 11.8 Å². The lowest BCUT2D eigenvalue weighted by molar-refractivity contribution is -0.141. The van der Waals surface area contributed by atoms with Crippen molar-refractivity contribution < 1.29 is 9.59 Å². The smallest absolute Gasteiger partial charge is 0.232 e. The maximum absolute atomic E-state index is 12.5. The number of carbonyl (C=O) groups excluding carboxylic acids is 2. The molecule has 4 heteroatoms. The van der Waals surface area contributed by atoms with Gasteiger partial charge < -0.3 is 9.80 Å². The van der Waals surface area contributed by atoms with Crippen molar-refractivity contribution in [1.82, 2.24) is 9.80 Å². The molecule has 1 aliphatic carbocycles. The Bertz CT molecular complexity index is 472. The maximum atomic E-state index is 12.5. The Balaban J connectivity index is 1.53. The molecule has 2 saturated heterocycles. The molecule has 2 unspecified atom stereocenters. The van der Waals surface area contributed by atoms with Gasteiger partial charge in [0, 0.05) is 26.2 Å². The number of allylic oxidation sites excluding steroid dienone is 1. The maximum Gasteiger partial charge on any atom is 0.232 e. The first-order valence-electron chi connectivity index (χ1n) is 8.88. The Morgan fingerprint density at radius 2 is 1.91 bits per heavy atom. The van der Waals surface area contributed by atoms with Crippen LogP contribution in [0.4, 0.5) is 0 Å². The fourth-order valence-corrected chi connectivity index (χ4v) is 4.12. The summed E-state index contributed by atoms with van der Waals surface area (Å²) in [6.45, 7) is 5.41. The van der Waals surface area contributed by atoms with Crippen molar-refractivity contribution in [3.63, 3.8) is 0 Å². The summed E-state index contributed by atoms with van der Waals surface area (Å²) in [5.41, 5.74) is 1.44. The van der Waals surface area contributed by atoms with Gasteiger partial charge in [0.05, 0.1) is 0 Å². The Hall–Kier alpha value is -1.32. The molecule has 0 spiro atoms. The van der Waals surface area contributed by atoms with Crippen molar-refractivity contribution in [1.29, 1.82) is 0 Å².